The van der Waals surface area contributed by atoms with E-state index >= 15 is 0 Å². The summed E-state index contributed by atoms with van der Waals surface area (Å²) < 4.78 is 5.12. The highest BCUT2D eigenvalue weighted by molar-refractivity contribution is 7.12. The zero-order valence-electron chi connectivity index (χ0n) is 11.6. The van der Waals surface area contributed by atoms with E-state index in [9.17, 15) is 0 Å². The Morgan fingerprint density at radius 2 is 2.32 bits per heavy atom. The molecular formula is C14H20N2OS2. The van der Waals surface area contributed by atoms with Crippen LogP contribution >= 0.6 is 22.7 Å². The predicted molar refractivity (Wildman–Crippen MR) is 82.3 cm³/mol. The fraction of sp³-hybridized carbons (Fsp3) is 0.500. The van der Waals surface area contributed by atoms with E-state index in [1.807, 2.05) is 0 Å². The van der Waals surface area contributed by atoms with Crippen molar-refractivity contribution in [3.8, 4) is 0 Å². The number of hydrogen-bond donors (Lipinski definition) is 1. The monoisotopic (exact) mass is 296 g/mol. The molecule has 2 aromatic rings. The molecule has 2 rings (SSSR count). The summed E-state index contributed by atoms with van der Waals surface area (Å²) in [7, 11) is 1.73. The molecule has 1 atom stereocenters. The fourth-order valence-corrected chi connectivity index (χ4v) is 3.95. The van der Waals surface area contributed by atoms with Crippen molar-refractivity contribution in [1.82, 2.24) is 10.3 Å². The molecule has 0 aliphatic carbocycles. The lowest BCUT2D eigenvalue weighted by Crippen LogP contribution is -2.25. The number of methoxy groups -OCH3 is 1. The van der Waals surface area contributed by atoms with Crippen LogP contribution in [0.1, 0.15) is 33.4 Å². The van der Waals surface area contributed by atoms with Crippen LogP contribution in [0, 0.1) is 6.92 Å². The summed E-state index contributed by atoms with van der Waals surface area (Å²) >= 11 is 3.57. The van der Waals surface area contributed by atoms with E-state index in [0.717, 1.165) is 18.0 Å². The average Bonchev–Trinajstić information content (AvgIpc) is 3.04. The Bertz CT molecular complexity index is 494. The minimum atomic E-state index is 0.194. The first-order valence-electron chi connectivity index (χ1n) is 6.48. The summed E-state index contributed by atoms with van der Waals surface area (Å²) in [6.45, 7) is 5.86. The van der Waals surface area contributed by atoms with Crippen LogP contribution in [0.5, 0.6) is 0 Å². The first kappa shape index (κ1) is 14.7. The van der Waals surface area contributed by atoms with Crippen molar-refractivity contribution >= 4 is 22.7 Å². The molecule has 0 saturated carbocycles. The standard InChI is InChI=1S/C14H20N2OS2/c1-4-11-10(2)19-14(16-11)13(15-7-8-17-3)12-6-5-9-18-12/h5-6,9,13,15H,4,7-8H2,1-3H3. The molecule has 0 radical (unpaired) electrons. The van der Waals surface area contributed by atoms with Gasteiger partial charge in [0, 0.05) is 23.4 Å². The van der Waals surface area contributed by atoms with E-state index in [-0.39, 0.29) is 6.04 Å². The Balaban J connectivity index is 2.20. The van der Waals surface area contributed by atoms with Crippen molar-refractivity contribution in [3.63, 3.8) is 0 Å². The van der Waals surface area contributed by atoms with Crippen molar-refractivity contribution in [2.45, 2.75) is 26.3 Å². The summed E-state index contributed by atoms with van der Waals surface area (Å²) in [4.78, 5) is 7.42. The van der Waals surface area contributed by atoms with Crippen molar-refractivity contribution in [1.29, 1.82) is 0 Å². The molecule has 0 aliphatic heterocycles. The van der Waals surface area contributed by atoms with Gasteiger partial charge in [0.15, 0.2) is 0 Å². The van der Waals surface area contributed by atoms with E-state index in [0.29, 0.717) is 6.61 Å². The quantitative estimate of drug-likeness (QED) is 0.795. The lowest BCUT2D eigenvalue weighted by atomic mass is 10.2. The van der Waals surface area contributed by atoms with Gasteiger partial charge in [-0.3, -0.25) is 0 Å². The maximum absolute atomic E-state index is 5.12. The largest absolute Gasteiger partial charge is 0.383 e. The van der Waals surface area contributed by atoms with Gasteiger partial charge in [-0.2, -0.15) is 0 Å². The Morgan fingerprint density at radius 3 is 2.89 bits per heavy atom. The molecule has 104 valence electrons. The van der Waals surface area contributed by atoms with E-state index < -0.39 is 0 Å². The van der Waals surface area contributed by atoms with Crippen molar-refractivity contribution in [3.05, 3.63) is 38.0 Å². The van der Waals surface area contributed by atoms with Gasteiger partial charge in [0.2, 0.25) is 0 Å². The molecule has 0 aliphatic rings. The van der Waals surface area contributed by atoms with Crippen LogP contribution in [0.15, 0.2) is 17.5 Å². The fourth-order valence-electron chi connectivity index (χ4n) is 1.97. The number of thiophene rings is 1. The second kappa shape index (κ2) is 7.14. The van der Waals surface area contributed by atoms with Crippen LogP contribution in [0.3, 0.4) is 0 Å². The molecule has 0 aromatic carbocycles. The van der Waals surface area contributed by atoms with Crippen molar-refractivity contribution < 1.29 is 4.74 Å². The number of thiazole rings is 1. The van der Waals surface area contributed by atoms with Gasteiger partial charge in [-0.15, -0.1) is 22.7 Å². The van der Waals surface area contributed by atoms with Gasteiger partial charge in [0.05, 0.1) is 18.3 Å². The van der Waals surface area contributed by atoms with Crippen LogP contribution < -0.4 is 5.32 Å². The summed E-state index contributed by atoms with van der Waals surface area (Å²) in [5.41, 5.74) is 1.22. The van der Waals surface area contributed by atoms with Gasteiger partial charge in [-0.1, -0.05) is 13.0 Å². The second-order valence-corrected chi connectivity index (χ2v) is 6.52. The first-order chi connectivity index (χ1) is 9.26. The Morgan fingerprint density at radius 1 is 1.47 bits per heavy atom. The molecule has 0 spiro atoms. The second-order valence-electron chi connectivity index (χ2n) is 4.30. The Hall–Kier alpha value is -0.750. The van der Waals surface area contributed by atoms with Crippen LogP contribution in [0.2, 0.25) is 0 Å². The van der Waals surface area contributed by atoms with Gasteiger partial charge < -0.3 is 10.1 Å². The molecule has 2 heterocycles. The van der Waals surface area contributed by atoms with Gasteiger partial charge in [-0.25, -0.2) is 4.98 Å². The molecule has 3 nitrogen and oxygen atoms in total. The molecule has 1 unspecified atom stereocenters. The molecule has 0 fully saturated rings. The van der Waals surface area contributed by atoms with Crippen molar-refractivity contribution in [2.24, 2.45) is 0 Å². The van der Waals surface area contributed by atoms with Crippen LogP contribution in [0.4, 0.5) is 0 Å². The zero-order valence-corrected chi connectivity index (χ0v) is 13.2. The predicted octanol–water partition coefficient (Wildman–Crippen LogP) is 3.40. The summed E-state index contributed by atoms with van der Waals surface area (Å²) in [5.74, 6) is 0. The lowest BCUT2D eigenvalue weighted by Gasteiger charge is -2.14. The highest BCUT2D eigenvalue weighted by Gasteiger charge is 2.19. The number of nitrogens with zero attached hydrogens (tertiary/aromatic N) is 1. The lowest BCUT2D eigenvalue weighted by molar-refractivity contribution is 0.197. The zero-order chi connectivity index (χ0) is 13.7. The molecule has 0 bridgehead atoms. The Labute approximate surface area is 122 Å². The molecule has 2 aromatic heterocycles. The Kier molecular flexibility index (Phi) is 5.51. The van der Waals surface area contributed by atoms with E-state index in [4.69, 9.17) is 9.72 Å². The topological polar surface area (TPSA) is 34.2 Å². The first-order valence-corrected chi connectivity index (χ1v) is 8.17. The minimum Gasteiger partial charge on any atom is -0.383 e. The summed E-state index contributed by atoms with van der Waals surface area (Å²) in [6.07, 6.45) is 0.998. The van der Waals surface area contributed by atoms with E-state index in [1.165, 1.54) is 15.4 Å². The van der Waals surface area contributed by atoms with Gasteiger partial charge in [0.25, 0.3) is 0 Å². The van der Waals surface area contributed by atoms with E-state index in [1.54, 1.807) is 29.8 Å². The van der Waals surface area contributed by atoms with Crippen LogP contribution in [-0.4, -0.2) is 25.2 Å². The maximum atomic E-state index is 5.12. The van der Waals surface area contributed by atoms with Crippen LogP contribution in [0.25, 0.3) is 0 Å². The number of ether oxygens (including phenoxy) is 1. The van der Waals surface area contributed by atoms with Gasteiger partial charge in [-0.05, 0) is 24.8 Å². The molecular weight excluding hydrogens is 276 g/mol. The number of rotatable bonds is 7. The third kappa shape index (κ3) is 3.63. The number of nitrogens with one attached hydrogen (secondary N) is 1. The highest BCUT2D eigenvalue weighted by Crippen LogP contribution is 2.30. The molecule has 5 heteroatoms. The molecule has 0 saturated heterocycles. The van der Waals surface area contributed by atoms with Gasteiger partial charge >= 0.3 is 0 Å². The van der Waals surface area contributed by atoms with Crippen LogP contribution in [-0.2, 0) is 11.2 Å². The SMILES string of the molecule is CCc1nc(C(NCCOC)c2cccs2)sc1C. The molecule has 19 heavy (non-hydrogen) atoms. The minimum absolute atomic E-state index is 0.194. The molecule has 0 amide bonds. The number of aromatic nitrogens is 1. The third-order valence-electron chi connectivity index (χ3n) is 2.97. The normalized spacial score (nSPS) is 12.8. The third-order valence-corrected chi connectivity index (χ3v) is 4.99. The highest BCUT2D eigenvalue weighted by atomic mass is 32.1. The number of aryl methyl sites for hydroxylation is 2. The smallest absolute Gasteiger partial charge is 0.115 e. The number of hydrogen-bond acceptors (Lipinski definition) is 5. The summed E-state index contributed by atoms with van der Waals surface area (Å²) in [6, 6.07) is 4.45. The van der Waals surface area contributed by atoms with Crippen molar-refractivity contribution in [2.75, 3.05) is 20.3 Å². The maximum Gasteiger partial charge on any atom is 0.115 e. The average molecular weight is 296 g/mol. The van der Waals surface area contributed by atoms with E-state index in [2.05, 4.69) is 36.7 Å². The van der Waals surface area contributed by atoms with Gasteiger partial charge in [0.1, 0.15) is 5.01 Å². The molecule has 1 N–H and O–H groups in total. The summed E-state index contributed by atoms with van der Waals surface area (Å²) in [5, 5.41) is 6.81.